The second kappa shape index (κ2) is 8.97. The van der Waals surface area contributed by atoms with Gasteiger partial charge in [0.1, 0.15) is 5.75 Å². The summed E-state index contributed by atoms with van der Waals surface area (Å²) in [5.74, 6) is -3.47. The molecule has 0 bridgehead atoms. The number of hydrogen-bond acceptors (Lipinski definition) is 6. The molecule has 2 heterocycles. The first-order valence-corrected chi connectivity index (χ1v) is 10.1. The normalized spacial score (nSPS) is 16.3. The van der Waals surface area contributed by atoms with Crippen LogP contribution in [0.4, 0.5) is 19.2 Å². The Morgan fingerprint density at radius 1 is 1.03 bits per heavy atom. The quantitative estimate of drug-likeness (QED) is 0.557. The number of alkyl halides is 3. The Bertz CT molecular complexity index is 972. The smallest absolute Gasteiger partial charge is 0.335 e. The fourth-order valence-corrected chi connectivity index (χ4v) is 3.46. The Morgan fingerprint density at radius 3 is 2.35 bits per heavy atom. The number of halogens is 3. The minimum absolute atomic E-state index is 0.104. The number of nitrogens with zero attached hydrogens (tertiary/aromatic N) is 4. The molecule has 1 unspecified atom stereocenters. The van der Waals surface area contributed by atoms with Crippen LogP contribution in [0.2, 0.25) is 0 Å². The molecule has 1 fully saturated rings. The monoisotopic (exact) mass is 432 g/mol. The highest BCUT2D eigenvalue weighted by Crippen LogP contribution is 2.34. The van der Waals surface area contributed by atoms with Gasteiger partial charge >= 0.3 is 11.9 Å². The van der Waals surface area contributed by atoms with Crippen molar-refractivity contribution in [3.8, 4) is 5.75 Å². The molecule has 2 aromatic carbocycles. The lowest BCUT2D eigenvalue weighted by molar-refractivity contribution is 0.0304. The minimum Gasteiger partial charge on any atom is -0.461 e. The van der Waals surface area contributed by atoms with Crippen molar-refractivity contribution in [2.75, 3.05) is 31.1 Å². The van der Waals surface area contributed by atoms with E-state index in [1.54, 1.807) is 30.3 Å². The zero-order valence-electron chi connectivity index (χ0n) is 17.0. The predicted molar refractivity (Wildman–Crippen MR) is 109 cm³/mol. The van der Waals surface area contributed by atoms with Gasteiger partial charge in [-0.25, -0.2) is 4.39 Å². The third kappa shape index (κ3) is 4.99. The Hall–Kier alpha value is -3.07. The van der Waals surface area contributed by atoms with E-state index >= 15 is 0 Å². The van der Waals surface area contributed by atoms with E-state index in [4.69, 9.17) is 9.26 Å². The van der Waals surface area contributed by atoms with Crippen LogP contribution in [0.1, 0.15) is 23.9 Å². The summed E-state index contributed by atoms with van der Waals surface area (Å²) >= 11 is 0. The molecule has 1 aliphatic rings. The van der Waals surface area contributed by atoms with Crippen LogP contribution in [0.25, 0.3) is 0 Å². The Morgan fingerprint density at radius 2 is 1.71 bits per heavy atom. The number of benzene rings is 2. The number of piperazine rings is 1. The largest absolute Gasteiger partial charge is 0.461 e. The average Bonchev–Trinajstić information content (AvgIpc) is 3.27. The molecule has 0 saturated carbocycles. The Kier molecular flexibility index (Phi) is 6.13. The van der Waals surface area contributed by atoms with Crippen LogP contribution < -0.4 is 9.64 Å². The molecule has 9 heteroatoms. The summed E-state index contributed by atoms with van der Waals surface area (Å²) in [7, 11) is 0. The molecular formula is C22H23F3N4O2. The maximum Gasteiger partial charge on any atom is 0.335 e. The lowest BCUT2D eigenvalue weighted by atomic mass is 10.1. The van der Waals surface area contributed by atoms with Crippen LogP contribution in [-0.2, 0) is 12.5 Å². The summed E-state index contributed by atoms with van der Waals surface area (Å²) in [6.07, 6.45) is -1.35. The van der Waals surface area contributed by atoms with Crippen molar-refractivity contribution in [3.63, 3.8) is 0 Å². The lowest BCUT2D eigenvalue weighted by Crippen LogP contribution is -2.46. The predicted octanol–water partition coefficient (Wildman–Crippen LogP) is 4.23. The standard InChI is InChI=1S/C22H23F3N4O2/c1-16(23)30-19-9-7-17(8-10-19)15-28-11-13-29(14-12-28)21-26-20(27-31-21)22(24,25)18-5-3-2-4-6-18/h2-10,16H,11-15H2,1H3. The van der Waals surface area contributed by atoms with Gasteiger partial charge in [0.2, 0.25) is 12.2 Å². The molecule has 0 radical (unpaired) electrons. The highest BCUT2D eigenvalue weighted by molar-refractivity contribution is 5.31. The van der Waals surface area contributed by atoms with Crippen molar-refractivity contribution in [3.05, 3.63) is 71.5 Å². The van der Waals surface area contributed by atoms with Gasteiger partial charge in [-0.15, -0.1) is 0 Å². The Labute approximate surface area is 178 Å². The molecule has 4 rings (SSSR count). The topological polar surface area (TPSA) is 54.6 Å². The average molecular weight is 432 g/mol. The SMILES string of the molecule is CC(F)Oc1ccc(CN2CCN(c3nc(C(F)(F)c4ccccc4)no3)CC2)cc1. The minimum atomic E-state index is -3.32. The summed E-state index contributed by atoms with van der Waals surface area (Å²) in [6.45, 7) is 4.65. The van der Waals surface area contributed by atoms with Gasteiger partial charge in [-0.1, -0.05) is 47.6 Å². The number of ether oxygens (including phenoxy) is 1. The van der Waals surface area contributed by atoms with Gasteiger partial charge in [-0.3, -0.25) is 4.90 Å². The van der Waals surface area contributed by atoms with Crippen molar-refractivity contribution in [1.82, 2.24) is 15.0 Å². The van der Waals surface area contributed by atoms with Crippen molar-refractivity contribution in [2.24, 2.45) is 0 Å². The molecular weight excluding hydrogens is 409 g/mol. The van der Waals surface area contributed by atoms with E-state index in [-0.39, 0.29) is 11.6 Å². The molecule has 0 aliphatic carbocycles. The molecule has 3 aromatic rings. The fraction of sp³-hybridized carbons (Fsp3) is 0.364. The number of aromatic nitrogens is 2. The zero-order valence-corrected chi connectivity index (χ0v) is 17.0. The number of anilines is 1. The molecule has 1 atom stereocenters. The van der Waals surface area contributed by atoms with Crippen LogP contribution in [-0.4, -0.2) is 47.6 Å². The second-order valence-corrected chi connectivity index (χ2v) is 7.41. The maximum atomic E-state index is 14.6. The highest BCUT2D eigenvalue weighted by atomic mass is 19.3. The van der Waals surface area contributed by atoms with Gasteiger partial charge in [-0.2, -0.15) is 13.8 Å². The third-order valence-electron chi connectivity index (χ3n) is 5.10. The van der Waals surface area contributed by atoms with E-state index in [9.17, 15) is 13.2 Å². The first-order valence-electron chi connectivity index (χ1n) is 10.1. The molecule has 1 aromatic heterocycles. The van der Waals surface area contributed by atoms with Crippen LogP contribution >= 0.6 is 0 Å². The van der Waals surface area contributed by atoms with Crippen molar-refractivity contribution in [1.29, 1.82) is 0 Å². The Balaban J connectivity index is 1.33. The maximum absolute atomic E-state index is 14.6. The van der Waals surface area contributed by atoms with Gasteiger partial charge in [-0.05, 0) is 17.7 Å². The summed E-state index contributed by atoms with van der Waals surface area (Å²) in [5.41, 5.74) is 0.902. The second-order valence-electron chi connectivity index (χ2n) is 7.41. The van der Waals surface area contributed by atoms with Crippen LogP contribution in [0.3, 0.4) is 0 Å². The molecule has 0 amide bonds. The van der Waals surface area contributed by atoms with Crippen molar-refractivity contribution in [2.45, 2.75) is 25.7 Å². The van der Waals surface area contributed by atoms with E-state index in [1.807, 2.05) is 17.0 Å². The van der Waals surface area contributed by atoms with Crippen LogP contribution in [0.5, 0.6) is 5.75 Å². The third-order valence-corrected chi connectivity index (χ3v) is 5.10. The lowest BCUT2D eigenvalue weighted by Gasteiger charge is -2.33. The fourth-order valence-electron chi connectivity index (χ4n) is 3.46. The van der Waals surface area contributed by atoms with E-state index in [2.05, 4.69) is 15.0 Å². The summed E-state index contributed by atoms with van der Waals surface area (Å²) in [5, 5.41) is 3.52. The summed E-state index contributed by atoms with van der Waals surface area (Å²) in [6, 6.07) is 14.8. The molecule has 31 heavy (non-hydrogen) atoms. The van der Waals surface area contributed by atoms with Crippen LogP contribution in [0.15, 0.2) is 59.1 Å². The summed E-state index contributed by atoms with van der Waals surface area (Å²) < 4.78 is 52.3. The molecule has 1 saturated heterocycles. The highest BCUT2D eigenvalue weighted by Gasteiger charge is 2.40. The summed E-state index contributed by atoms with van der Waals surface area (Å²) in [4.78, 5) is 8.01. The van der Waals surface area contributed by atoms with E-state index < -0.39 is 18.1 Å². The van der Waals surface area contributed by atoms with Crippen LogP contribution in [0, 0.1) is 0 Å². The van der Waals surface area contributed by atoms with E-state index in [1.165, 1.54) is 19.1 Å². The molecule has 164 valence electrons. The molecule has 0 N–H and O–H groups in total. The van der Waals surface area contributed by atoms with Gasteiger partial charge in [0.05, 0.1) is 0 Å². The number of rotatable bonds is 7. The zero-order chi connectivity index (χ0) is 21.8. The molecule has 0 spiro atoms. The first kappa shape index (κ1) is 21.2. The van der Waals surface area contributed by atoms with Gasteiger partial charge in [0, 0.05) is 45.2 Å². The first-order chi connectivity index (χ1) is 14.9. The van der Waals surface area contributed by atoms with E-state index in [0.717, 1.165) is 12.1 Å². The number of hydrogen-bond donors (Lipinski definition) is 0. The van der Waals surface area contributed by atoms with Crippen molar-refractivity contribution >= 4 is 6.01 Å². The molecule has 1 aliphatic heterocycles. The van der Waals surface area contributed by atoms with Gasteiger partial charge in [0.15, 0.2) is 0 Å². The molecule has 6 nitrogen and oxygen atoms in total. The van der Waals surface area contributed by atoms with E-state index in [0.29, 0.717) is 31.9 Å². The van der Waals surface area contributed by atoms with Gasteiger partial charge in [0.25, 0.3) is 0 Å². The van der Waals surface area contributed by atoms with Crippen molar-refractivity contribution < 1.29 is 22.4 Å². The van der Waals surface area contributed by atoms with Gasteiger partial charge < -0.3 is 14.2 Å².